The molecule has 0 aromatic carbocycles. The van der Waals surface area contributed by atoms with Crippen LogP contribution in [0.3, 0.4) is 0 Å². The van der Waals surface area contributed by atoms with E-state index in [1.807, 2.05) is 19.9 Å². The first-order valence-corrected chi connectivity index (χ1v) is 7.97. The van der Waals surface area contributed by atoms with Crippen LogP contribution in [0.4, 0.5) is 5.69 Å². The number of hydrogen-bond donors (Lipinski definition) is 2. The second kappa shape index (κ2) is 7.89. The van der Waals surface area contributed by atoms with Gasteiger partial charge >= 0.3 is 0 Å². The molecule has 0 bridgehead atoms. The second-order valence-electron chi connectivity index (χ2n) is 4.32. The average Bonchev–Trinajstić information content (AvgIpc) is 2.39. The molecule has 1 rings (SSSR count). The highest BCUT2D eigenvalue weighted by atomic mass is 32.2. The molecule has 0 aliphatic rings. The van der Waals surface area contributed by atoms with Gasteiger partial charge in [0.15, 0.2) is 0 Å². The highest BCUT2D eigenvalue weighted by molar-refractivity contribution is 7.84. The van der Waals surface area contributed by atoms with Gasteiger partial charge in [0.25, 0.3) is 5.91 Å². The van der Waals surface area contributed by atoms with Gasteiger partial charge in [0.2, 0.25) is 0 Å². The molecular formula is C13H21N3O2S. The molecule has 0 fully saturated rings. The Labute approximate surface area is 116 Å². The number of amides is 1. The van der Waals surface area contributed by atoms with E-state index in [4.69, 9.17) is 0 Å². The van der Waals surface area contributed by atoms with Gasteiger partial charge in [0.05, 0.1) is 11.9 Å². The fraction of sp³-hybridized carbons (Fsp3) is 0.538. The Kier molecular flexibility index (Phi) is 6.49. The largest absolute Gasteiger partial charge is 0.384 e. The number of nitrogens with one attached hydrogen (secondary N) is 2. The summed E-state index contributed by atoms with van der Waals surface area (Å²) >= 11 is 0. The second-order valence-corrected chi connectivity index (χ2v) is 6.12. The van der Waals surface area contributed by atoms with Gasteiger partial charge in [0.1, 0.15) is 5.69 Å². The van der Waals surface area contributed by atoms with E-state index in [0.717, 1.165) is 12.2 Å². The highest BCUT2D eigenvalue weighted by Crippen LogP contribution is 2.05. The van der Waals surface area contributed by atoms with Crippen LogP contribution in [0.25, 0.3) is 0 Å². The third-order valence-corrected chi connectivity index (χ3v) is 4.15. The number of carbonyl (C=O) groups is 1. The summed E-state index contributed by atoms with van der Waals surface area (Å²) in [6.07, 6.45) is 4.01. The molecule has 0 aliphatic heterocycles. The summed E-state index contributed by atoms with van der Waals surface area (Å²) < 4.78 is 11.2. The fourth-order valence-corrected chi connectivity index (χ4v) is 1.93. The van der Waals surface area contributed by atoms with Crippen molar-refractivity contribution in [1.29, 1.82) is 0 Å². The van der Waals surface area contributed by atoms with Crippen molar-refractivity contribution in [2.45, 2.75) is 25.5 Å². The van der Waals surface area contributed by atoms with E-state index in [-0.39, 0.29) is 11.2 Å². The van der Waals surface area contributed by atoms with Crippen LogP contribution in [0.15, 0.2) is 18.3 Å². The Hall–Kier alpha value is -1.43. The Morgan fingerprint density at radius 3 is 2.74 bits per heavy atom. The van der Waals surface area contributed by atoms with Crippen molar-refractivity contribution in [2.75, 3.05) is 24.7 Å². The van der Waals surface area contributed by atoms with Crippen LogP contribution in [0.1, 0.15) is 30.8 Å². The van der Waals surface area contributed by atoms with Crippen LogP contribution in [-0.4, -0.2) is 39.7 Å². The molecule has 1 aromatic heterocycles. The molecular weight excluding hydrogens is 262 g/mol. The number of rotatable bonds is 7. The summed E-state index contributed by atoms with van der Waals surface area (Å²) in [7, 11) is -0.850. The lowest BCUT2D eigenvalue weighted by molar-refractivity contribution is 0.0948. The molecule has 2 unspecified atom stereocenters. The topological polar surface area (TPSA) is 71.1 Å². The van der Waals surface area contributed by atoms with Crippen molar-refractivity contribution in [3.8, 4) is 0 Å². The molecule has 2 atom stereocenters. The first kappa shape index (κ1) is 15.6. The number of hydrogen-bond acceptors (Lipinski definition) is 4. The van der Waals surface area contributed by atoms with E-state index in [1.165, 1.54) is 0 Å². The Morgan fingerprint density at radius 1 is 1.47 bits per heavy atom. The number of nitrogens with zero attached hydrogens (tertiary/aromatic N) is 1. The normalized spacial score (nSPS) is 13.6. The SMILES string of the molecule is CCNc1ccc(C(=O)NCCC(C)S(C)=O)nc1. The van der Waals surface area contributed by atoms with E-state index >= 15 is 0 Å². The summed E-state index contributed by atoms with van der Waals surface area (Å²) in [5.41, 5.74) is 1.29. The zero-order valence-electron chi connectivity index (χ0n) is 11.6. The molecule has 0 spiro atoms. The van der Waals surface area contributed by atoms with Gasteiger partial charge in [-0.05, 0) is 25.5 Å². The smallest absolute Gasteiger partial charge is 0.269 e. The molecule has 6 heteroatoms. The number of anilines is 1. The van der Waals surface area contributed by atoms with Crippen molar-refractivity contribution in [2.24, 2.45) is 0 Å². The van der Waals surface area contributed by atoms with E-state index in [1.54, 1.807) is 18.5 Å². The maximum atomic E-state index is 11.8. The van der Waals surface area contributed by atoms with Crippen LogP contribution in [0, 0.1) is 0 Å². The van der Waals surface area contributed by atoms with Crippen molar-refractivity contribution in [3.05, 3.63) is 24.0 Å². The standard InChI is InChI=1S/C13H21N3O2S/c1-4-14-11-5-6-12(16-9-11)13(17)15-8-7-10(2)19(3)18/h5-6,9-10,14H,4,7-8H2,1-3H3,(H,15,17). The van der Waals surface area contributed by atoms with Gasteiger partial charge in [-0.1, -0.05) is 6.92 Å². The fourth-order valence-electron chi connectivity index (χ4n) is 1.48. The van der Waals surface area contributed by atoms with E-state index in [9.17, 15) is 9.00 Å². The van der Waals surface area contributed by atoms with E-state index in [2.05, 4.69) is 15.6 Å². The Morgan fingerprint density at radius 2 is 2.21 bits per heavy atom. The first-order valence-electron chi connectivity index (χ1n) is 6.35. The zero-order chi connectivity index (χ0) is 14.3. The molecule has 0 saturated carbocycles. The zero-order valence-corrected chi connectivity index (χ0v) is 12.4. The minimum absolute atomic E-state index is 0.0874. The summed E-state index contributed by atoms with van der Waals surface area (Å²) in [4.78, 5) is 15.9. The molecule has 106 valence electrons. The average molecular weight is 283 g/mol. The Bertz CT molecular complexity index is 434. The molecule has 2 N–H and O–H groups in total. The van der Waals surface area contributed by atoms with Crippen LogP contribution >= 0.6 is 0 Å². The Balaban J connectivity index is 2.43. The minimum Gasteiger partial charge on any atom is -0.384 e. The molecule has 5 nitrogen and oxygen atoms in total. The molecule has 0 aliphatic carbocycles. The van der Waals surface area contributed by atoms with E-state index < -0.39 is 10.8 Å². The summed E-state index contributed by atoms with van der Waals surface area (Å²) in [6.45, 7) is 5.24. The monoisotopic (exact) mass is 283 g/mol. The van der Waals surface area contributed by atoms with Crippen LogP contribution < -0.4 is 10.6 Å². The molecule has 1 heterocycles. The molecule has 19 heavy (non-hydrogen) atoms. The third kappa shape index (κ3) is 5.38. The van der Waals surface area contributed by atoms with Gasteiger partial charge in [-0.15, -0.1) is 0 Å². The first-order chi connectivity index (χ1) is 9.04. The number of aromatic nitrogens is 1. The van der Waals surface area contributed by atoms with Gasteiger partial charge < -0.3 is 10.6 Å². The molecule has 0 radical (unpaired) electrons. The predicted molar refractivity (Wildman–Crippen MR) is 78.9 cm³/mol. The van der Waals surface area contributed by atoms with Crippen LogP contribution in [0.2, 0.25) is 0 Å². The lowest BCUT2D eigenvalue weighted by atomic mass is 10.3. The van der Waals surface area contributed by atoms with Gasteiger partial charge in [-0.3, -0.25) is 9.00 Å². The van der Waals surface area contributed by atoms with Crippen LogP contribution in [-0.2, 0) is 10.8 Å². The van der Waals surface area contributed by atoms with Crippen molar-refractivity contribution in [1.82, 2.24) is 10.3 Å². The highest BCUT2D eigenvalue weighted by Gasteiger charge is 2.09. The van der Waals surface area contributed by atoms with Gasteiger partial charge in [-0.25, -0.2) is 4.98 Å². The lowest BCUT2D eigenvalue weighted by Gasteiger charge is -2.09. The van der Waals surface area contributed by atoms with Crippen molar-refractivity contribution < 1.29 is 9.00 Å². The van der Waals surface area contributed by atoms with Gasteiger partial charge in [0, 0.05) is 35.4 Å². The molecule has 1 aromatic rings. The number of pyridine rings is 1. The quantitative estimate of drug-likeness (QED) is 0.793. The van der Waals surface area contributed by atoms with Gasteiger partial charge in [-0.2, -0.15) is 0 Å². The summed E-state index contributed by atoms with van der Waals surface area (Å²) in [5.74, 6) is -0.197. The maximum Gasteiger partial charge on any atom is 0.269 e. The maximum absolute atomic E-state index is 11.8. The third-order valence-electron chi connectivity index (χ3n) is 2.78. The van der Waals surface area contributed by atoms with Crippen LogP contribution in [0.5, 0.6) is 0 Å². The van der Waals surface area contributed by atoms with Crippen molar-refractivity contribution >= 4 is 22.4 Å². The lowest BCUT2D eigenvalue weighted by Crippen LogP contribution is -2.28. The predicted octanol–water partition coefficient (Wildman–Crippen LogP) is 1.40. The summed E-state index contributed by atoms with van der Waals surface area (Å²) in [5, 5.41) is 5.98. The van der Waals surface area contributed by atoms with E-state index in [0.29, 0.717) is 18.7 Å². The minimum atomic E-state index is -0.850. The molecule has 1 amide bonds. The van der Waals surface area contributed by atoms with Crippen molar-refractivity contribution in [3.63, 3.8) is 0 Å². The molecule has 0 saturated heterocycles. The number of carbonyl (C=O) groups excluding carboxylic acids is 1. The summed E-state index contributed by atoms with van der Waals surface area (Å²) in [6, 6.07) is 3.52.